The highest BCUT2D eigenvalue weighted by molar-refractivity contribution is 7.91. The Kier molecular flexibility index (Phi) is 6.81. The molecule has 1 saturated heterocycles. The van der Waals surface area contributed by atoms with E-state index in [9.17, 15) is 13.2 Å². The van der Waals surface area contributed by atoms with Gasteiger partial charge in [0.2, 0.25) is 0 Å². The summed E-state index contributed by atoms with van der Waals surface area (Å²) in [7, 11) is -2.95. The fourth-order valence-corrected chi connectivity index (χ4v) is 2.75. The number of carbonyl (C=O) groups excluding carboxylic acids is 1. The lowest BCUT2D eigenvalue weighted by Crippen LogP contribution is -2.33. The summed E-state index contributed by atoms with van der Waals surface area (Å²) in [6.45, 7) is 3.62. The van der Waals surface area contributed by atoms with Crippen LogP contribution in [0.2, 0.25) is 0 Å². The third kappa shape index (κ3) is 6.47. The lowest BCUT2D eigenvalue weighted by atomic mass is 10.1. The Morgan fingerprint density at radius 2 is 2.00 bits per heavy atom. The van der Waals surface area contributed by atoms with Crippen LogP contribution >= 0.6 is 0 Å². The Balaban J connectivity index is 2.10. The smallest absolute Gasteiger partial charge is 0.158 e. The largest absolute Gasteiger partial charge is 0.370 e. The Morgan fingerprint density at radius 1 is 1.33 bits per heavy atom. The first-order chi connectivity index (χ1) is 8.53. The molecule has 0 aliphatic carbocycles. The van der Waals surface area contributed by atoms with Crippen molar-refractivity contribution in [3.8, 4) is 0 Å². The predicted molar refractivity (Wildman–Crippen MR) is 70.4 cm³/mol. The zero-order chi connectivity index (χ0) is 13.4. The topological polar surface area (TPSA) is 72.5 Å². The number of hydrogen-bond donors (Lipinski definition) is 1. The molecule has 0 aromatic heterocycles. The van der Waals surface area contributed by atoms with Crippen LogP contribution in [0.5, 0.6) is 0 Å². The molecule has 0 amide bonds. The van der Waals surface area contributed by atoms with E-state index in [0.717, 1.165) is 25.9 Å². The first-order valence-corrected chi connectivity index (χ1v) is 8.40. The summed E-state index contributed by atoms with van der Waals surface area (Å²) in [5.41, 5.74) is 0. The van der Waals surface area contributed by atoms with Gasteiger partial charge in [0.05, 0.1) is 11.9 Å². The summed E-state index contributed by atoms with van der Waals surface area (Å²) >= 11 is 0. The molecule has 0 aromatic rings. The number of piperidine rings is 1. The molecule has 0 atom stereocenters. The quantitative estimate of drug-likeness (QED) is 0.701. The highest BCUT2D eigenvalue weighted by Gasteiger charge is 2.15. The highest BCUT2D eigenvalue weighted by Crippen LogP contribution is 2.07. The summed E-state index contributed by atoms with van der Waals surface area (Å²) < 4.78 is 28.0. The molecule has 0 unspecified atom stereocenters. The van der Waals surface area contributed by atoms with E-state index in [1.165, 1.54) is 0 Å². The van der Waals surface area contributed by atoms with Crippen LogP contribution < -0.4 is 5.32 Å². The summed E-state index contributed by atoms with van der Waals surface area (Å²) in [5, 5.41) is 3.23. The zero-order valence-electron chi connectivity index (χ0n) is 11.0. The Labute approximate surface area is 109 Å². The molecular formula is C12H23NO4S. The van der Waals surface area contributed by atoms with E-state index in [1.54, 1.807) is 6.92 Å². The molecule has 6 heteroatoms. The highest BCUT2D eigenvalue weighted by atomic mass is 32.2. The molecular weight excluding hydrogens is 254 g/mol. The molecule has 0 aromatic carbocycles. The lowest BCUT2D eigenvalue weighted by molar-refractivity contribution is -0.126. The van der Waals surface area contributed by atoms with Crippen LogP contribution in [0.1, 0.15) is 32.6 Å². The van der Waals surface area contributed by atoms with E-state index in [4.69, 9.17) is 4.74 Å². The third-order valence-corrected chi connectivity index (χ3v) is 4.91. The first kappa shape index (κ1) is 15.6. The van der Waals surface area contributed by atoms with Crippen molar-refractivity contribution in [1.82, 2.24) is 5.32 Å². The van der Waals surface area contributed by atoms with E-state index < -0.39 is 9.84 Å². The zero-order valence-corrected chi connectivity index (χ0v) is 11.8. The molecule has 18 heavy (non-hydrogen) atoms. The maximum atomic E-state index is 11.5. The van der Waals surface area contributed by atoms with Crippen molar-refractivity contribution in [1.29, 1.82) is 0 Å². The van der Waals surface area contributed by atoms with E-state index in [0.29, 0.717) is 12.8 Å². The third-order valence-electron chi connectivity index (χ3n) is 3.12. The molecule has 106 valence electrons. The van der Waals surface area contributed by atoms with Crippen molar-refractivity contribution in [3.63, 3.8) is 0 Å². The van der Waals surface area contributed by atoms with Gasteiger partial charge in [-0.2, -0.15) is 0 Å². The Morgan fingerprint density at radius 3 is 2.61 bits per heavy atom. The molecule has 0 radical (unpaired) electrons. The van der Waals surface area contributed by atoms with Crippen LogP contribution in [0.25, 0.3) is 0 Å². The van der Waals surface area contributed by atoms with Gasteiger partial charge in [-0.15, -0.1) is 0 Å². The number of sulfone groups is 1. The molecule has 5 nitrogen and oxygen atoms in total. The Hall–Kier alpha value is -0.460. The van der Waals surface area contributed by atoms with Crippen molar-refractivity contribution in [2.24, 2.45) is 0 Å². The minimum Gasteiger partial charge on any atom is -0.370 e. The van der Waals surface area contributed by atoms with E-state index in [-0.39, 0.29) is 30.0 Å². The monoisotopic (exact) mass is 277 g/mol. The van der Waals surface area contributed by atoms with Crippen LogP contribution in [0.4, 0.5) is 0 Å². The lowest BCUT2D eigenvalue weighted by Gasteiger charge is -2.22. The minimum absolute atomic E-state index is 0.000152. The van der Waals surface area contributed by atoms with Crippen LogP contribution in [0.15, 0.2) is 0 Å². The normalized spacial score (nSPS) is 17.8. The summed E-state index contributed by atoms with van der Waals surface area (Å²) in [6, 6.07) is 0. The standard InChI is InChI=1S/C12H23NO4S/c1-2-18(15,16)9-3-4-11(14)10-17-12-5-7-13-8-6-12/h12-13H,2-10H2,1H3. The van der Waals surface area contributed by atoms with E-state index in [2.05, 4.69) is 5.32 Å². The number of ketones is 1. The fraction of sp³-hybridized carbons (Fsp3) is 0.917. The number of hydrogen-bond acceptors (Lipinski definition) is 5. The van der Waals surface area contributed by atoms with Gasteiger partial charge in [0.1, 0.15) is 16.4 Å². The van der Waals surface area contributed by atoms with Crippen LogP contribution in [-0.4, -0.2) is 51.5 Å². The van der Waals surface area contributed by atoms with Crippen molar-refractivity contribution >= 4 is 15.6 Å². The van der Waals surface area contributed by atoms with Crippen molar-refractivity contribution in [2.75, 3.05) is 31.2 Å². The van der Waals surface area contributed by atoms with Gasteiger partial charge in [-0.1, -0.05) is 6.92 Å². The van der Waals surface area contributed by atoms with Gasteiger partial charge in [0.25, 0.3) is 0 Å². The molecule has 0 bridgehead atoms. The average molecular weight is 277 g/mol. The molecule has 1 fully saturated rings. The molecule has 0 spiro atoms. The molecule has 1 N–H and O–H groups in total. The van der Waals surface area contributed by atoms with Crippen LogP contribution in [-0.2, 0) is 19.4 Å². The van der Waals surface area contributed by atoms with Crippen molar-refractivity contribution < 1.29 is 17.9 Å². The van der Waals surface area contributed by atoms with Gasteiger partial charge in [-0.25, -0.2) is 8.42 Å². The molecule has 1 aliphatic heterocycles. The van der Waals surface area contributed by atoms with Crippen molar-refractivity contribution in [3.05, 3.63) is 0 Å². The second-order valence-corrected chi connectivity index (χ2v) is 7.11. The van der Waals surface area contributed by atoms with E-state index in [1.807, 2.05) is 0 Å². The number of ether oxygens (including phenoxy) is 1. The number of Topliss-reactive ketones (excluding diaryl/α,β-unsaturated/α-hetero) is 1. The number of nitrogens with one attached hydrogen (secondary N) is 1. The Bertz CT molecular complexity index is 347. The fourth-order valence-electron chi connectivity index (χ4n) is 1.88. The van der Waals surface area contributed by atoms with Gasteiger partial charge in [-0.05, 0) is 32.4 Å². The molecule has 0 saturated carbocycles. The van der Waals surface area contributed by atoms with Crippen LogP contribution in [0.3, 0.4) is 0 Å². The van der Waals surface area contributed by atoms with Gasteiger partial charge in [0.15, 0.2) is 5.78 Å². The predicted octanol–water partition coefficient (Wildman–Crippen LogP) is 0.539. The minimum atomic E-state index is -2.95. The molecule has 1 heterocycles. The van der Waals surface area contributed by atoms with Gasteiger partial charge in [0, 0.05) is 12.2 Å². The second-order valence-electron chi connectivity index (χ2n) is 4.64. The maximum Gasteiger partial charge on any atom is 0.158 e. The number of carbonyl (C=O) groups is 1. The van der Waals surface area contributed by atoms with Crippen molar-refractivity contribution in [2.45, 2.75) is 38.7 Å². The van der Waals surface area contributed by atoms with Gasteiger partial charge >= 0.3 is 0 Å². The SMILES string of the molecule is CCS(=O)(=O)CCCC(=O)COC1CCNCC1. The molecule has 1 rings (SSSR count). The second kappa shape index (κ2) is 7.86. The first-order valence-electron chi connectivity index (χ1n) is 6.58. The van der Waals surface area contributed by atoms with Gasteiger partial charge < -0.3 is 10.1 Å². The van der Waals surface area contributed by atoms with E-state index >= 15 is 0 Å². The van der Waals surface area contributed by atoms with Gasteiger partial charge in [-0.3, -0.25) is 4.79 Å². The maximum absolute atomic E-state index is 11.5. The van der Waals surface area contributed by atoms with Crippen LogP contribution in [0, 0.1) is 0 Å². The summed E-state index contributed by atoms with van der Waals surface area (Å²) in [5.74, 6) is 0.245. The average Bonchev–Trinajstić information content (AvgIpc) is 2.37. The summed E-state index contributed by atoms with van der Waals surface area (Å²) in [6.07, 6.45) is 2.76. The summed E-state index contributed by atoms with van der Waals surface area (Å²) in [4.78, 5) is 11.5. The molecule has 1 aliphatic rings. The number of rotatable bonds is 8.